The molecular formula is C11H11F3O3. The fraction of sp³-hybridized carbons (Fsp3) is 0.545. The summed E-state index contributed by atoms with van der Waals surface area (Å²) in [4.78, 5) is 10.7. The summed E-state index contributed by atoms with van der Waals surface area (Å²) in [6, 6.07) is 2.10. The van der Waals surface area contributed by atoms with Gasteiger partial charge >= 0.3 is 12.1 Å². The maximum absolute atomic E-state index is 12.4. The van der Waals surface area contributed by atoms with Gasteiger partial charge in [-0.1, -0.05) is 6.42 Å². The Hall–Kier alpha value is -1.46. The lowest BCUT2D eigenvalue weighted by Gasteiger charge is -2.38. The summed E-state index contributed by atoms with van der Waals surface area (Å²) in [5.41, 5.74) is -0.741. The number of hydrogen-bond donors (Lipinski definition) is 1. The zero-order valence-corrected chi connectivity index (χ0v) is 8.88. The molecular weight excluding hydrogens is 237 g/mol. The van der Waals surface area contributed by atoms with Crippen molar-refractivity contribution in [2.24, 2.45) is 0 Å². The molecule has 0 unspecified atom stereocenters. The van der Waals surface area contributed by atoms with Gasteiger partial charge in [0.05, 0.1) is 6.42 Å². The van der Waals surface area contributed by atoms with Crippen LogP contribution in [0.4, 0.5) is 13.2 Å². The average molecular weight is 248 g/mol. The zero-order valence-electron chi connectivity index (χ0n) is 8.88. The van der Waals surface area contributed by atoms with Crippen LogP contribution in [0, 0.1) is 0 Å². The average Bonchev–Trinajstić information content (AvgIpc) is 2.58. The zero-order chi connectivity index (χ0) is 12.7. The van der Waals surface area contributed by atoms with Crippen LogP contribution in [-0.2, 0) is 16.4 Å². The minimum Gasteiger partial charge on any atom is -0.481 e. The quantitative estimate of drug-likeness (QED) is 0.893. The molecule has 17 heavy (non-hydrogen) atoms. The highest BCUT2D eigenvalue weighted by atomic mass is 19.4. The van der Waals surface area contributed by atoms with Gasteiger partial charge < -0.3 is 9.52 Å². The van der Waals surface area contributed by atoms with Gasteiger partial charge in [-0.05, 0) is 25.0 Å². The van der Waals surface area contributed by atoms with Crippen molar-refractivity contribution in [2.75, 3.05) is 0 Å². The molecule has 0 aromatic carbocycles. The Labute approximate surface area is 95.2 Å². The summed E-state index contributed by atoms with van der Waals surface area (Å²) in [6.07, 6.45) is -2.77. The SMILES string of the molecule is O=C(O)CC1(c2ccc(C(F)(F)F)o2)CCC1. The van der Waals surface area contributed by atoms with Gasteiger partial charge in [-0.25, -0.2) is 0 Å². The molecule has 1 saturated carbocycles. The van der Waals surface area contributed by atoms with Crippen molar-refractivity contribution in [3.63, 3.8) is 0 Å². The third-order valence-corrected chi connectivity index (χ3v) is 3.21. The second-order valence-electron chi connectivity index (χ2n) is 4.37. The highest BCUT2D eigenvalue weighted by Crippen LogP contribution is 2.48. The minimum atomic E-state index is -4.52. The fourth-order valence-electron chi connectivity index (χ4n) is 2.18. The number of carboxylic acids is 1. The molecule has 1 aliphatic carbocycles. The second kappa shape index (κ2) is 3.78. The van der Waals surface area contributed by atoms with Crippen molar-refractivity contribution in [1.82, 2.24) is 0 Å². The van der Waals surface area contributed by atoms with Crippen LogP contribution < -0.4 is 0 Å². The van der Waals surface area contributed by atoms with Gasteiger partial charge in [-0.3, -0.25) is 4.79 Å². The van der Waals surface area contributed by atoms with E-state index in [-0.39, 0.29) is 12.2 Å². The van der Waals surface area contributed by atoms with Crippen LogP contribution >= 0.6 is 0 Å². The molecule has 0 bridgehead atoms. The van der Waals surface area contributed by atoms with E-state index in [1.54, 1.807) is 0 Å². The molecule has 1 N–H and O–H groups in total. The van der Waals surface area contributed by atoms with Crippen LogP contribution in [-0.4, -0.2) is 11.1 Å². The number of carbonyl (C=O) groups is 1. The molecule has 2 rings (SSSR count). The molecule has 1 heterocycles. The van der Waals surface area contributed by atoms with Gasteiger partial charge in [0.2, 0.25) is 5.76 Å². The third kappa shape index (κ3) is 2.16. The maximum Gasteiger partial charge on any atom is 0.449 e. The summed E-state index contributed by atoms with van der Waals surface area (Å²) in [5, 5.41) is 8.78. The van der Waals surface area contributed by atoms with Crippen molar-refractivity contribution < 1.29 is 27.5 Å². The summed E-state index contributed by atoms with van der Waals surface area (Å²) >= 11 is 0. The smallest absolute Gasteiger partial charge is 0.449 e. The predicted octanol–water partition coefficient (Wildman–Crippen LogP) is 3.19. The number of furan rings is 1. The maximum atomic E-state index is 12.4. The van der Waals surface area contributed by atoms with E-state index in [0.717, 1.165) is 12.5 Å². The molecule has 0 amide bonds. The largest absolute Gasteiger partial charge is 0.481 e. The van der Waals surface area contributed by atoms with E-state index >= 15 is 0 Å². The Balaban J connectivity index is 2.26. The lowest BCUT2D eigenvalue weighted by molar-refractivity contribution is -0.154. The first-order chi connectivity index (χ1) is 7.83. The topological polar surface area (TPSA) is 50.4 Å². The Kier molecular flexibility index (Phi) is 2.67. The minimum absolute atomic E-state index is 0.137. The number of hydrogen-bond acceptors (Lipinski definition) is 2. The van der Waals surface area contributed by atoms with Crippen LogP contribution in [0.25, 0.3) is 0 Å². The second-order valence-corrected chi connectivity index (χ2v) is 4.37. The van der Waals surface area contributed by atoms with E-state index in [1.165, 1.54) is 6.07 Å². The molecule has 0 atom stereocenters. The van der Waals surface area contributed by atoms with Crippen LogP contribution in [0.2, 0.25) is 0 Å². The van der Waals surface area contributed by atoms with E-state index in [1.807, 2.05) is 0 Å². The number of alkyl halides is 3. The molecule has 6 heteroatoms. The Bertz CT molecular complexity index is 429. The van der Waals surface area contributed by atoms with Crippen molar-refractivity contribution in [3.8, 4) is 0 Å². The number of aliphatic carboxylic acids is 1. The normalized spacial score (nSPS) is 18.8. The highest BCUT2D eigenvalue weighted by molar-refractivity contribution is 5.69. The molecule has 0 spiro atoms. The lowest BCUT2D eigenvalue weighted by atomic mass is 9.65. The number of rotatable bonds is 3. The van der Waals surface area contributed by atoms with Crippen LogP contribution in [0.15, 0.2) is 16.5 Å². The van der Waals surface area contributed by atoms with E-state index in [0.29, 0.717) is 12.8 Å². The van der Waals surface area contributed by atoms with Crippen LogP contribution in [0.3, 0.4) is 0 Å². The van der Waals surface area contributed by atoms with Gasteiger partial charge in [0.15, 0.2) is 0 Å². The third-order valence-electron chi connectivity index (χ3n) is 3.21. The monoisotopic (exact) mass is 248 g/mol. The summed E-state index contributed by atoms with van der Waals surface area (Å²) in [5.74, 6) is -1.95. The van der Waals surface area contributed by atoms with E-state index in [2.05, 4.69) is 0 Å². The Morgan fingerprint density at radius 1 is 1.41 bits per heavy atom. The summed E-state index contributed by atoms with van der Waals surface area (Å²) < 4.78 is 41.9. The highest BCUT2D eigenvalue weighted by Gasteiger charge is 2.45. The first-order valence-corrected chi connectivity index (χ1v) is 5.23. The molecule has 1 fully saturated rings. The van der Waals surface area contributed by atoms with Gasteiger partial charge in [0.25, 0.3) is 0 Å². The summed E-state index contributed by atoms with van der Waals surface area (Å²) in [7, 11) is 0. The van der Waals surface area contributed by atoms with Crippen molar-refractivity contribution in [1.29, 1.82) is 0 Å². The van der Waals surface area contributed by atoms with E-state index in [4.69, 9.17) is 9.52 Å². The molecule has 0 radical (unpaired) electrons. The van der Waals surface area contributed by atoms with Crippen LogP contribution in [0.1, 0.15) is 37.2 Å². The molecule has 3 nitrogen and oxygen atoms in total. The van der Waals surface area contributed by atoms with Gasteiger partial charge in [0.1, 0.15) is 5.76 Å². The molecule has 1 aromatic rings. The number of halogens is 3. The standard InChI is InChI=1S/C11H11F3O3/c12-11(13,14)8-3-2-7(17-8)10(4-1-5-10)6-9(15)16/h2-3H,1,4-6H2,(H,15,16). The molecule has 0 saturated heterocycles. The lowest BCUT2D eigenvalue weighted by Crippen LogP contribution is -2.36. The Morgan fingerprint density at radius 2 is 2.06 bits per heavy atom. The van der Waals surface area contributed by atoms with Crippen molar-refractivity contribution >= 4 is 5.97 Å². The fourth-order valence-corrected chi connectivity index (χ4v) is 2.18. The van der Waals surface area contributed by atoms with Gasteiger partial charge in [0, 0.05) is 5.41 Å². The molecule has 1 aromatic heterocycles. The number of carboxylic acid groups (broad SMARTS) is 1. The molecule has 94 valence electrons. The Morgan fingerprint density at radius 3 is 2.41 bits per heavy atom. The molecule has 0 aliphatic heterocycles. The molecule has 1 aliphatic rings. The van der Waals surface area contributed by atoms with Gasteiger partial charge in [-0.2, -0.15) is 13.2 Å². The first kappa shape index (κ1) is 12.0. The summed E-state index contributed by atoms with van der Waals surface area (Å²) in [6.45, 7) is 0. The van der Waals surface area contributed by atoms with Crippen LogP contribution in [0.5, 0.6) is 0 Å². The van der Waals surface area contributed by atoms with Crippen molar-refractivity contribution in [3.05, 3.63) is 23.7 Å². The van der Waals surface area contributed by atoms with E-state index in [9.17, 15) is 18.0 Å². The van der Waals surface area contributed by atoms with Gasteiger partial charge in [-0.15, -0.1) is 0 Å². The first-order valence-electron chi connectivity index (χ1n) is 5.23. The van der Waals surface area contributed by atoms with E-state index < -0.39 is 23.3 Å². The van der Waals surface area contributed by atoms with Crippen molar-refractivity contribution in [2.45, 2.75) is 37.3 Å². The predicted molar refractivity (Wildman–Crippen MR) is 51.5 cm³/mol.